The molecule has 0 heterocycles. The summed E-state index contributed by atoms with van der Waals surface area (Å²) in [7, 11) is 0. The maximum Gasteiger partial charge on any atom is 0.0462 e. The van der Waals surface area contributed by atoms with E-state index in [9.17, 15) is 0 Å². The molecule has 7 rings (SSSR count). The van der Waals surface area contributed by atoms with Gasteiger partial charge in [-0.05, 0) is 132 Å². The normalized spacial score (nSPS) is 11.8. The lowest BCUT2D eigenvalue weighted by molar-refractivity contribution is 1.28. The topological polar surface area (TPSA) is 3.24 Å². The van der Waals surface area contributed by atoms with Gasteiger partial charge in [0.05, 0.1) is 0 Å². The second kappa shape index (κ2) is 15.2. The van der Waals surface area contributed by atoms with Crippen LogP contribution >= 0.6 is 0 Å². The van der Waals surface area contributed by atoms with Gasteiger partial charge in [-0.2, -0.15) is 0 Å². The molecule has 0 spiro atoms. The lowest BCUT2D eigenvalue weighted by Gasteiger charge is -2.26. The Hall–Kier alpha value is -6.18. The van der Waals surface area contributed by atoms with E-state index < -0.39 is 0 Å². The van der Waals surface area contributed by atoms with E-state index in [-0.39, 0.29) is 0 Å². The van der Waals surface area contributed by atoms with Gasteiger partial charge in [-0.1, -0.05) is 151 Å². The van der Waals surface area contributed by atoms with Crippen molar-refractivity contribution in [2.75, 3.05) is 4.90 Å². The summed E-state index contributed by atoms with van der Waals surface area (Å²) in [5, 5.41) is 0. The van der Waals surface area contributed by atoms with Gasteiger partial charge in [0, 0.05) is 17.1 Å². The van der Waals surface area contributed by atoms with Crippen LogP contribution in [0.5, 0.6) is 0 Å². The molecule has 7 aromatic rings. The van der Waals surface area contributed by atoms with Crippen molar-refractivity contribution in [2.45, 2.75) is 27.7 Å². The molecular weight excluding hydrogens is 615 g/mol. The Bertz CT molecular complexity index is 2150. The summed E-state index contributed by atoms with van der Waals surface area (Å²) in [4.78, 5) is 2.34. The zero-order chi connectivity index (χ0) is 35.2. The molecule has 7 aromatic carbocycles. The van der Waals surface area contributed by atoms with Gasteiger partial charge in [-0.3, -0.25) is 0 Å². The number of benzene rings is 7. The molecule has 0 aliphatic carbocycles. The number of aryl methyl sites for hydroxylation is 4. The van der Waals surface area contributed by atoms with E-state index >= 15 is 0 Å². The van der Waals surface area contributed by atoms with Crippen LogP contribution in [-0.2, 0) is 0 Å². The highest BCUT2D eigenvalue weighted by atomic mass is 15.1. The molecule has 248 valence electrons. The molecule has 0 aliphatic heterocycles. The van der Waals surface area contributed by atoms with Gasteiger partial charge in [0.15, 0.2) is 0 Å². The molecule has 0 bridgehead atoms. The van der Waals surface area contributed by atoms with Crippen molar-refractivity contribution in [1.29, 1.82) is 0 Å². The average molecular weight is 658 g/mol. The Morgan fingerprint density at radius 1 is 0.373 bits per heavy atom. The summed E-state index contributed by atoms with van der Waals surface area (Å²) in [6.07, 6.45) is 4.60. The molecule has 0 fully saturated rings. The van der Waals surface area contributed by atoms with Crippen LogP contribution in [0.15, 0.2) is 176 Å². The Kier molecular flexibility index (Phi) is 9.90. The van der Waals surface area contributed by atoms with Crippen LogP contribution in [0, 0.1) is 27.7 Å². The van der Waals surface area contributed by atoms with Crippen LogP contribution in [-0.4, -0.2) is 0 Å². The van der Waals surface area contributed by atoms with E-state index in [4.69, 9.17) is 0 Å². The molecular formula is C50H43N. The number of para-hydroxylation sites is 1. The maximum absolute atomic E-state index is 2.34. The standard InChI is InChI=1S/C50H43N/c1-36-20-30-47(38(3)32-36)49(34-40-14-8-5-9-15-40)42-22-26-45(27-23-42)51(44-18-12-7-13-19-44)46-28-24-43(25-29-46)50(35-41-16-10-6-11-17-41)48-31-21-37(2)33-39(48)4/h5-35H,1-4H3. The molecule has 0 atom stereocenters. The van der Waals surface area contributed by atoms with Crippen LogP contribution in [0.4, 0.5) is 17.1 Å². The molecule has 0 aliphatic rings. The molecule has 0 radical (unpaired) electrons. The first-order valence-corrected chi connectivity index (χ1v) is 17.7. The van der Waals surface area contributed by atoms with E-state index in [1.807, 2.05) is 0 Å². The minimum atomic E-state index is 1.10. The molecule has 0 amide bonds. The van der Waals surface area contributed by atoms with Gasteiger partial charge >= 0.3 is 0 Å². The van der Waals surface area contributed by atoms with Crippen molar-refractivity contribution in [1.82, 2.24) is 0 Å². The van der Waals surface area contributed by atoms with Gasteiger partial charge in [-0.15, -0.1) is 0 Å². The smallest absolute Gasteiger partial charge is 0.0462 e. The van der Waals surface area contributed by atoms with Crippen LogP contribution in [0.3, 0.4) is 0 Å². The fraction of sp³-hybridized carbons (Fsp3) is 0.0800. The van der Waals surface area contributed by atoms with Gasteiger partial charge in [0.25, 0.3) is 0 Å². The third-order valence-electron chi connectivity index (χ3n) is 9.45. The monoisotopic (exact) mass is 657 g/mol. The van der Waals surface area contributed by atoms with Crippen molar-refractivity contribution < 1.29 is 0 Å². The largest absolute Gasteiger partial charge is 0.311 e. The average Bonchev–Trinajstić information content (AvgIpc) is 3.16. The van der Waals surface area contributed by atoms with Crippen molar-refractivity contribution in [3.05, 3.63) is 232 Å². The molecule has 0 saturated heterocycles. The van der Waals surface area contributed by atoms with Crippen molar-refractivity contribution in [3.63, 3.8) is 0 Å². The Balaban J connectivity index is 1.29. The first-order valence-electron chi connectivity index (χ1n) is 17.7. The van der Waals surface area contributed by atoms with Gasteiger partial charge in [0.1, 0.15) is 0 Å². The first kappa shape index (κ1) is 33.3. The van der Waals surface area contributed by atoms with Crippen LogP contribution < -0.4 is 4.90 Å². The number of hydrogen-bond acceptors (Lipinski definition) is 1. The zero-order valence-corrected chi connectivity index (χ0v) is 29.8. The Labute approximate surface area is 303 Å². The minimum absolute atomic E-state index is 1.10. The second-order valence-electron chi connectivity index (χ2n) is 13.3. The fourth-order valence-electron chi connectivity index (χ4n) is 6.90. The molecule has 0 N–H and O–H groups in total. The summed E-state index contributed by atoms with van der Waals surface area (Å²) in [6.45, 7) is 8.72. The van der Waals surface area contributed by atoms with E-state index in [1.165, 1.54) is 66.8 Å². The summed E-state index contributed by atoms with van der Waals surface area (Å²) >= 11 is 0. The van der Waals surface area contributed by atoms with E-state index in [2.05, 4.69) is 221 Å². The van der Waals surface area contributed by atoms with Crippen LogP contribution in [0.2, 0.25) is 0 Å². The highest BCUT2D eigenvalue weighted by Crippen LogP contribution is 2.38. The summed E-state index contributed by atoms with van der Waals surface area (Å²) in [5.41, 5.74) is 18.1. The predicted molar refractivity (Wildman–Crippen MR) is 220 cm³/mol. The number of hydrogen-bond donors (Lipinski definition) is 0. The quantitative estimate of drug-likeness (QED) is 0.140. The maximum atomic E-state index is 2.34. The third-order valence-corrected chi connectivity index (χ3v) is 9.45. The van der Waals surface area contributed by atoms with Gasteiger partial charge in [0.2, 0.25) is 0 Å². The van der Waals surface area contributed by atoms with Crippen molar-refractivity contribution >= 4 is 40.4 Å². The first-order chi connectivity index (χ1) is 24.9. The van der Waals surface area contributed by atoms with Crippen molar-refractivity contribution in [2.24, 2.45) is 0 Å². The zero-order valence-electron chi connectivity index (χ0n) is 29.8. The van der Waals surface area contributed by atoms with Crippen LogP contribution in [0.25, 0.3) is 23.3 Å². The lowest BCUT2D eigenvalue weighted by Crippen LogP contribution is -2.10. The van der Waals surface area contributed by atoms with E-state index in [0.29, 0.717) is 0 Å². The number of anilines is 3. The predicted octanol–water partition coefficient (Wildman–Crippen LogP) is 13.6. The molecule has 51 heavy (non-hydrogen) atoms. The van der Waals surface area contributed by atoms with E-state index in [0.717, 1.165) is 17.1 Å². The lowest BCUT2D eigenvalue weighted by atomic mass is 9.91. The molecule has 1 heteroatoms. The van der Waals surface area contributed by atoms with Crippen LogP contribution in [0.1, 0.15) is 55.6 Å². The Morgan fingerprint density at radius 2 is 0.725 bits per heavy atom. The highest BCUT2D eigenvalue weighted by Gasteiger charge is 2.16. The molecule has 0 saturated carbocycles. The SMILES string of the molecule is Cc1ccc(C(=Cc2ccccc2)c2ccc(N(c3ccccc3)c3ccc(C(=Cc4ccccc4)c4ccc(C)cc4C)cc3)cc2)c(C)c1. The summed E-state index contributed by atoms with van der Waals surface area (Å²) in [5.74, 6) is 0. The molecule has 1 nitrogen and oxygen atoms in total. The van der Waals surface area contributed by atoms with Gasteiger partial charge in [-0.25, -0.2) is 0 Å². The fourth-order valence-corrected chi connectivity index (χ4v) is 6.90. The van der Waals surface area contributed by atoms with Gasteiger partial charge < -0.3 is 4.90 Å². The second-order valence-corrected chi connectivity index (χ2v) is 13.3. The third kappa shape index (κ3) is 7.69. The Morgan fingerprint density at radius 3 is 1.10 bits per heavy atom. The van der Waals surface area contributed by atoms with Crippen molar-refractivity contribution in [3.8, 4) is 0 Å². The number of nitrogens with zero attached hydrogens (tertiary/aromatic N) is 1. The molecule has 0 unspecified atom stereocenters. The minimum Gasteiger partial charge on any atom is -0.311 e. The summed E-state index contributed by atoms with van der Waals surface area (Å²) < 4.78 is 0. The highest BCUT2D eigenvalue weighted by molar-refractivity contribution is 5.94. The number of rotatable bonds is 9. The summed E-state index contributed by atoms with van der Waals surface area (Å²) in [6, 6.07) is 63.3. The van der Waals surface area contributed by atoms with E-state index in [1.54, 1.807) is 0 Å². The molecule has 0 aromatic heterocycles.